The van der Waals surface area contributed by atoms with Crippen molar-refractivity contribution in [3.05, 3.63) is 57.0 Å². The molecule has 0 amide bonds. The van der Waals surface area contributed by atoms with Crippen molar-refractivity contribution in [2.45, 2.75) is 6.54 Å². The molecule has 1 N–H and O–H groups in total. The molecule has 110 valence electrons. The summed E-state index contributed by atoms with van der Waals surface area (Å²) in [7, 11) is 1.25. The predicted octanol–water partition coefficient (Wildman–Crippen LogP) is 3.24. The molecule has 2 aromatic rings. The molecule has 2 rings (SSSR count). The highest BCUT2D eigenvalue weighted by molar-refractivity contribution is 6.33. The van der Waals surface area contributed by atoms with Gasteiger partial charge in [-0.3, -0.25) is 10.1 Å². The standard InChI is InChI=1S/C13H11ClN2O5/c1-20-13(17)12-8(4-5-21-12)7-15-11-6-9(16(18)19)2-3-10(11)14/h2-6,15H,7H2,1H3. The van der Waals surface area contributed by atoms with Crippen LogP contribution in [0.5, 0.6) is 0 Å². The number of benzene rings is 1. The van der Waals surface area contributed by atoms with Crippen molar-refractivity contribution in [3.63, 3.8) is 0 Å². The molecule has 0 fully saturated rings. The molecule has 0 atom stereocenters. The normalized spacial score (nSPS) is 10.2. The average Bonchev–Trinajstić information content (AvgIpc) is 2.93. The molecule has 0 unspecified atom stereocenters. The summed E-state index contributed by atoms with van der Waals surface area (Å²) in [5, 5.41) is 14.0. The highest BCUT2D eigenvalue weighted by Crippen LogP contribution is 2.27. The van der Waals surface area contributed by atoms with Crippen LogP contribution >= 0.6 is 11.6 Å². The van der Waals surface area contributed by atoms with E-state index in [2.05, 4.69) is 10.1 Å². The van der Waals surface area contributed by atoms with E-state index in [1.54, 1.807) is 6.07 Å². The van der Waals surface area contributed by atoms with E-state index in [0.29, 0.717) is 16.3 Å². The van der Waals surface area contributed by atoms with Crippen molar-refractivity contribution in [3.8, 4) is 0 Å². The zero-order chi connectivity index (χ0) is 15.4. The van der Waals surface area contributed by atoms with Gasteiger partial charge in [-0.25, -0.2) is 4.79 Å². The number of hydrogen-bond donors (Lipinski definition) is 1. The van der Waals surface area contributed by atoms with Gasteiger partial charge in [0.15, 0.2) is 0 Å². The zero-order valence-corrected chi connectivity index (χ0v) is 11.7. The lowest BCUT2D eigenvalue weighted by molar-refractivity contribution is -0.384. The topological polar surface area (TPSA) is 94.6 Å². The summed E-state index contributed by atoms with van der Waals surface area (Å²) in [6.45, 7) is 0.210. The highest BCUT2D eigenvalue weighted by Gasteiger charge is 2.16. The first kappa shape index (κ1) is 14.9. The van der Waals surface area contributed by atoms with Crippen LogP contribution in [-0.2, 0) is 11.3 Å². The molecule has 0 bridgehead atoms. The lowest BCUT2D eigenvalue weighted by atomic mass is 10.2. The van der Waals surface area contributed by atoms with Gasteiger partial charge in [0.2, 0.25) is 5.76 Å². The SMILES string of the molecule is COC(=O)c1occc1CNc1cc([N+](=O)[O-])ccc1Cl. The van der Waals surface area contributed by atoms with Gasteiger partial charge >= 0.3 is 5.97 Å². The van der Waals surface area contributed by atoms with Crippen LogP contribution in [-0.4, -0.2) is 18.0 Å². The molecule has 0 aliphatic rings. The van der Waals surface area contributed by atoms with Crippen LogP contribution in [0.4, 0.5) is 11.4 Å². The number of rotatable bonds is 5. The molecule has 0 spiro atoms. The number of furan rings is 1. The minimum Gasteiger partial charge on any atom is -0.463 e. The third-order valence-corrected chi connectivity index (χ3v) is 3.08. The maximum atomic E-state index is 11.5. The van der Waals surface area contributed by atoms with Crippen LogP contribution < -0.4 is 5.32 Å². The van der Waals surface area contributed by atoms with E-state index in [4.69, 9.17) is 16.0 Å². The molecule has 0 aliphatic carbocycles. The maximum absolute atomic E-state index is 11.5. The minimum absolute atomic E-state index is 0.0755. The van der Waals surface area contributed by atoms with Gasteiger partial charge in [-0.2, -0.15) is 0 Å². The van der Waals surface area contributed by atoms with Crippen LogP contribution in [0.1, 0.15) is 16.1 Å². The first-order valence-electron chi connectivity index (χ1n) is 5.85. The summed E-state index contributed by atoms with van der Waals surface area (Å²) < 4.78 is 9.63. The summed E-state index contributed by atoms with van der Waals surface area (Å²) in [6.07, 6.45) is 1.36. The number of nitrogens with zero attached hydrogens (tertiary/aromatic N) is 1. The number of nitrogens with one attached hydrogen (secondary N) is 1. The summed E-state index contributed by atoms with van der Waals surface area (Å²) in [4.78, 5) is 21.7. The second-order valence-electron chi connectivity index (χ2n) is 4.04. The van der Waals surface area contributed by atoms with Crippen LogP contribution in [0.15, 0.2) is 34.9 Å². The van der Waals surface area contributed by atoms with E-state index in [9.17, 15) is 14.9 Å². The van der Waals surface area contributed by atoms with E-state index in [-0.39, 0.29) is 18.0 Å². The fourth-order valence-corrected chi connectivity index (χ4v) is 1.88. The Hall–Kier alpha value is -2.54. The summed E-state index contributed by atoms with van der Waals surface area (Å²) in [5.74, 6) is -0.520. The van der Waals surface area contributed by atoms with Crippen LogP contribution in [0, 0.1) is 10.1 Å². The van der Waals surface area contributed by atoms with Crippen molar-refractivity contribution < 1.29 is 18.9 Å². The second-order valence-corrected chi connectivity index (χ2v) is 4.45. The van der Waals surface area contributed by atoms with E-state index in [0.717, 1.165) is 0 Å². The Morgan fingerprint density at radius 3 is 2.90 bits per heavy atom. The Morgan fingerprint density at radius 2 is 2.24 bits per heavy atom. The Morgan fingerprint density at radius 1 is 1.48 bits per heavy atom. The van der Waals surface area contributed by atoms with E-state index < -0.39 is 10.9 Å². The van der Waals surface area contributed by atoms with Gasteiger partial charge in [0.1, 0.15) is 0 Å². The molecule has 0 aliphatic heterocycles. The number of nitro groups is 1. The summed E-state index contributed by atoms with van der Waals surface area (Å²) in [5.41, 5.74) is 0.870. The van der Waals surface area contributed by atoms with Crippen molar-refractivity contribution in [1.82, 2.24) is 0 Å². The molecule has 1 aromatic carbocycles. The Bertz CT molecular complexity index is 683. The molecule has 1 heterocycles. The fourth-order valence-electron chi connectivity index (χ4n) is 1.70. The smallest absolute Gasteiger partial charge is 0.374 e. The summed E-state index contributed by atoms with van der Waals surface area (Å²) in [6, 6.07) is 5.66. The Labute approximate surface area is 124 Å². The van der Waals surface area contributed by atoms with Crippen LogP contribution in [0.2, 0.25) is 5.02 Å². The first-order chi connectivity index (χ1) is 10.0. The molecule has 0 saturated heterocycles. The number of non-ortho nitro benzene ring substituents is 1. The molecule has 0 saturated carbocycles. The number of esters is 1. The highest BCUT2D eigenvalue weighted by atomic mass is 35.5. The lowest BCUT2D eigenvalue weighted by Gasteiger charge is -2.08. The van der Waals surface area contributed by atoms with Crippen LogP contribution in [0.25, 0.3) is 0 Å². The van der Waals surface area contributed by atoms with E-state index in [1.807, 2.05) is 0 Å². The predicted molar refractivity (Wildman–Crippen MR) is 75.5 cm³/mol. The van der Waals surface area contributed by atoms with Crippen molar-refractivity contribution >= 4 is 28.9 Å². The molecule has 8 heteroatoms. The fraction of sp³-hybridized carbons (Fsp3) is 0.154. The number of methoxy groups -OCH3 is 1. The van der Waals surface area contributed by atoms with Gasteiger partial charge < -0.3 is 14.5 Å². The number of hydrogen-bond acceptors (Lipinski definition) is 6. The number of ether oxygens (including phenoxy) is 1. The van der Waals surface area contributed by atoms with Crippen molar-refractivity contribution in [1.29, 1.82) is 0 Å². The van der Waals surface area contributed by atoms with Gasteiger partial charge in [-0.15, -0.1) is 0 Å². The number of nitro benzene ring substituents is 1. The monoisotopic (exact) mass is 310 g/mol. The third kappa shape index (κ3) is 3.32. The first-order valence-corrected chi connectivity index (χ1v) is 6.23. The molecular formula is C13H11ClN2O5. The minimum atomic E-state index is -0.595. The Kier molecular flexibility index (Phi) is 4.44. The third-order valence-electron chi connectivity index (χ3n) is 2.75. The molecule has 7 nitrogen and oxygen atoms in total. The number of carbonyl (C=O) groups is 1. The maximum Gasteiger partial charge on any atom is 0.374 e. The van der Waals surface area contributed by atoms with Gasteiger partial charge in [-0.1, -0.05) is 11.6 Å². The second kappa shape index (κ2) is 6.27. The van der Waals surface area contributed by atoms with E-state index in [1.165, 1.54) is 31.6 Å². The largest absolute Gasteiger partial charge is 0.463 e. The average molecular weight is 311 g/mol. The van der Waals surface area contributed by atoms with Crippen LogP contribution in [0.3, 0.4) is 0 Å². The summed E-state index contributed by atoms with van der Waals surface area (Å²) >= 11 is 5.97. The van der Waals surface area contributed by atoms with Gasteiger partial charge in [0.25, 0.3) is 5.69 Å². The van der Waals surface area contributed by atoms with Gasteiger partial charge in [0.05, 0.1) is 29.0 Å². The number of carbonyl (C=O) groups excluding carboxylic acids is 1. The number of anilines is 1. The molecule has 1 aromatic heterocycles. The lowest BCUT2D eigenvalue weighted by Crippen LogP contribution is -2.07. The van der Waals surface area contributed by atoms with Gasteiger partial charge in [-0.05, 0) is 12.1 Å². The molecule has 0 radical (unpaired) electrons. The number of halogens is 1. The van der Waals surface area contributed by atoms with Gasteiger partial charge in [0, 0.05) is 24.2 Å². The van der Waals surface area contributed by atoms with Crippen molar-refractivity contribution in [2.24, 2.45) is 0 Å². The van der Waals surface area contributed by atoms with Crippen molar-refractivity contribution in [2.75, 3.05) is 12.4 Å². The van der Waals surface area contributed by atoms with E-state index >= 15 is 0 Å². The quantitative estimate of drug-likeness (QED) is 0.517. The molecule has 21 heavy (non-hydrogen) atoms. The zero-order valence-electron chi connectivity index (χ0n) is 11.0. The Balaban J connectivity index is 2.17. The molecular weight excluding hydrogens is 300 g/mol.